The van der Waals surface area contributed by atoms with Crippen LogP contribution in [0.25, 0.3) is 21.8 Å². The molecule has 3 aromatic carbocycles. The van der Waals surface area contributed by atoms with Crippen LogP contribution in [0.1, 0.15) is 21.5 Å². The molecule has 0 aliphatic rings. The highest BCUT2D eigenvalue weighted by Crippen LogP contribution is 2.33. The number of aromatic nitrogens is 1. The average molecular weight is 365 g/mol. The molecule has 0 atom stereocenters. The predicted octanol–water partition coefficient (Wildman–Crippen LogP) is 3.51. The van der Waals surface area contributed by atoms with Gasteiger partial charge in [-0.05, 0) is 42.0 Å². The smallest absolute Gasteiger partial charge is 0.249 e. The molecule has 1 aromatic heterocycles. The molecule has 0 saturated heterocycles. The molecular weight excluding hydrogens is 350 g/mol. The minimum atomic E-state index is -0.654. The maximum Gasteiger partial charge on any atom is 0.249 e. The SMILES string of the molecule is NC(=O)c1cccc2c1c1[c]cc(CO)cc1n2Cc1ccc(F)cc1F. The molecule has 135 valence electrons. The van der Waals surface area contributed by atoms with Crippen molar-refractivity contribution in [1.82, 2.24) is 4.57 Å². The molecule has 0 spiro atoms. The summed E-state index contributed by atoms with van der Waals surface area (Å²) in [6, 6.07) is 15.1. The van der Waals surface area contributed by atoms with Gasteiger partial charge in [0.2, 0.25) is 5.91 Å². The minimum Gasteiger partial charge on any atom is -0.392 e. The maximum absolute atomic E-state index is 14.2. The van der Waals surface area contributed by atoms with Crippen LogP contribution in [-0.4, -0.2) is 15.6 Å². The number of primary amides is 1. The summed E-state index contributed by atoms with van der Waals surface area (Å²) in [5.41, 5.74) is 8.15. The van der Waals surface area contributed by atoms with E-state index in [4.69, 9.17) is 5.73 Å². The Hall–Kier alpha value is -3.25. The van der Waals surface area contributed by atoms with Crippen molar-refractivity contribution in [2.24, 2.45) is 5.73 Å². The molecule has 4 aromatic rings. The Morgan fingerprint density at radius 3 is 2.67 bits per heavy atom. The molecule has 1 amide bonds. The van der Waals surface area contributed by atoms with Crippen molar-refractivity contribution in [2.45, 2.75) is 13.2 Å². The molecule has 6 heteroatoms. The normalized spacial score (nSPS) is 11.4. The Balaban J connectivity index is 2.04. The Labute approximate surface area is 153 Å². The van der Waals surface area contributed by atoms with E-state index in [1.54, 1.807) is 30.3 Å². The van der Waals surface area contributed by atoms with E-state index in [-0.39, 0.29) is 13.2 Å². The number of fused-ring (bicyclic) bond motifs is 3. The van der Waals surface area contributed by atoms with Gasteiger partial charge < -0.3 is 15.4 Å². The Kier molecular flexibility index (Phi) is 4.12. The van der Waals surface area contributed by atoms with Gasteiger partial charge >= 0.3 is 0 Å². The van der Waals surface area contributed by atoms with Crippen molar-refractivity contribution >= 4 is 27.7 Å². The lowest BCUT2D eigenvalue weighted by Gasteiger charge is -2.10. The molecule has 4 nitrogen and oxygen atoms in total. The van der Waals surface area contributed by atoms with E-state index >= 15 is 0 Å². The van der Waals surface area contributed by atoms with Gasteiger partial charge in [-0.3, -0.25) is 4.79 Å². The van der Waals surface area contributed by atoms with Crippen molar-refractivity contribution in [3.8, 4) is 0 Å². The zero-order valence-corrected chi connectivity index (χ0v) is 14.2. The van der Waals surface area contributed by atoms with E-state index < -0.39 is 17.5 Å². The number of nitrogens with zero attached hydrogens (tertiary/aromatic N) is 1. The molecule has 4 rings (SSSR count). The average Bonchev–Trinajstić information content (AvgIpc) is 2.97. The molecule has 0 fully saturated rings. The number of benzene rings is 3. The van der Waals surface area contributed by atoms with Crippen LogP contribution in [-0.2, 0) is 13.2 Å². The second-order valence-electron chi connectivity index (χ2n) is 6.31. The van der Waals surface area contributed by atoms with Gasteiger partial charge in [-0.25, -0.2) is 8.78 Å². The molecule has 0 unspecified atom stereocenters. The van der Waals surface area contributed by atoms with Crippen LogP contribution in [0.3, 0.4) is 0 Å². The van der Waals surface area contributed by atoms with Crippen LogP contribution >= 0.6 is 0 Å². The van der Waals surface area contributed by atoms with E-state index in [0.29, 0.717) is 38.5 Å². The van der Waals surface area contributed by atoms with Crippen LogP contribution in [0.15, 0.2) is 48.5 Å². The summed E-state index contributed by atoms with van der Waals surface area (Å²) in [7, 11) is 0. The highest BCUT2D eigenvalue weighted by atomic mass is 19.1. The number of nitrogens with two attached hydrogens (primary N) is 1. The predicted molar refractivity (Wildman–Crippen MR) is 98.2 cm³/mol. The van der Waals surface area contributed by atoms with E-state index in [1.165, 1.54) is 12.1 Å². The third-order valence-electron chi connectivity index (χ3n) is 4.65. The quantitative estimate of drug-likeness (QED) is 0.581. The van der Waals surface area contributed by atoms with Gasteiger partial charge in [-0.1, -0.05) is 12.1 Å². The Morgan fingerprint density at radius 1 is 1.15 bits per heavy atom. The second kappa shape index (κ2) is 6.48. The molecular formula is C21H15F2N2O2. The number of amides is 1. The first-order chi connectivity index (χ1) is 13.0. The van der Waals surface area contributed by atoms with E-state index in [2.05, 4.69) is 6.07 Å². The summed E-state index contributed by atoms with van der Waals surface area (Å²) in [6.07, 6.45) is 0. The van der Waals surface area contributed by atoms with Gasteiger partial charge in [0.25, 0.3) is 0 Å². The number of aliphatic hydroxyl groups is 1. The minimum absolute atomic E-state index is 0.122. The van der Waals surface area contributed by atoms with Crippen molar-refractivity contribution in [2.75, 3.05) is 0 Å². The fourth-order valence-corrected chi connectivity index (χ4v) is 3.39. The van der Waals surface area contributed by atoms with Crippen molar-refractivity contribution in [3.05, 3.63) is 82.9 Å². The lowest BCUT2D eigenvalue weighted by molar-refractivity contribution is 0.100. The summed E-state index contributed by atoms with van der Waals surface area (Å²) in [5, 5.41) is 10.7. The molecule has 3 N–H and O–H groups in total. The summed E-state index contributed by atoms with van der Waals surface area (Å²) < 4.78 is 29.3. The first kappa shape index (κ1) is 17.2. The summed E-state index contributed by atoms with van der Waals surface area (Å²) >= 11 is 0. The van der Waals surface area contributed by atoms with Gasteiger partial charge in [-0.15, -0.1) is 0 Å². The van der Waals surface area contributed by atoms with Crippen LogP contribution in [0.5, 0.6) is 0 Å². The third kappa shape index (κ3) is 2.84. The highest BCUT2D eigenvalue weighted by molar-refractivity contribution is 6.17. The van der Waals surface area contributed by atoms with Crippen LogP contribution < -0.4 is 5.73 Å². The van der Waals surface area contributed by atoms with Crippen LogP contribution in [0.4, 0.5) is 8.78 Å². The van der Waals surface area contributed by atoms with Gasteiger partial charge in [0, 0.05) is 28.0 Å². The lowest BCUT2D eigenvalue weighted by atomic mass is 10.0. The van der Waals surface area contributed by atoms with Crippen LogP contribution in [0.2, 0.25) is 0 Å². The number of rotatable bonds is 4. The fraction of sp³-hybridized carbons (Fsp3) is 0.0952. The molecule has 27 heavy (non-hydrogen) atoms. The molecule has 1 heterocycles. The molecule has 0 saturated carbocycles. The number of aliphatic hydroxyl groups excluding tert-OH is 1. The topological polar surface area (TPSA) is 68.2 Å². The summed E-state index contributed by atoms with van der Waals surface area (Å²) in [6.45, 7) is -0.0569. The number of carbonyl (C=O) groups is 1. The first-order valence-corrected chi connectivity index (χ1v) is 8.29. The molecule has 0 bridgehead atoms. The van der Waals surface area contributed by atoms with Gasteiger partial charge in [0.05, 0.1) is 24.2 Å². The van der Waals surface area contributed by atoms with E-state index in [1.807, 2.05) is 4.57 Å². The van der Waals surface area contributed by atoms with Gasteiger partial charge in [-0.2, -0.15) is 0 Å². The Bertz CT molecular complexity index is 1200. The zero-order valence-electron chi connectivity index (χ0n) is 14.2. The number of hydrogen-bond donors (Lipinski definition) is 2. The molecule has 0 aliphatic carbocycles. The third-order valence-corrected chi connectivity index (χ3v) is 4.65. The highest BCUT2D eigenvalue weighted by Gasteiger charge is 2.18. The van der Waals surface area contributed by atoms with E-state index in [9.17, 15) is 18.7 Å². The monoisotopic (exact) mass is 365 g/mol. The second-order valence-corrected chi connectivity index (χ2v) is 6.31. The molecule has 1 radical (unpaired) electrons. The van der Waals surface area contributed by atoms with Crippen molar-refractivity contribution < 1.29 is 18.7 Å². The maximum atomic E-state index is 14.2. The molecule has 0 aliphatic heterocycles. The number of halogens is 2. The summed E-state index contributed by atoms with van der Waals surface area (Å²) in [4.78, 5) is 11.9. The van der Waals surface area contributed by atoms with Gasteiger partial charge in [0.15, 0.2) is 0 Å². The van der Waals surface area contributed by atoms with Crippen LogP contribution in [0, 0.1) is 17.7 Å². The summed E-state index contributed by atoms with van der Waals surface area (Å²) in [5.74, 6) is -1.88. The van der Waals surface area contributed by atoms with Crippen molar-refractivity contribution in [1.29, 1.82) is 0 Å². The number of hydrogen-bond acceptors (Lipinski definition) is 2. The fourth-order valence-electron chi connectivity index (χ4n) is 3.39. The first-order valence-electron chi connectivity index (χ1n) is 8.29. The largest absolute Gasteiger partial charge is 0.392 e. The lowest BCUT2D eigenvalue weighted by Crippen LogP contribution is -2.11. The van der Waals surface area contributed by atoms with Crippen molar-refractivity contribution in [3.63, 3.8) is 0 Å². The van der Waals surface area contributed by atoms with Gasteiger partial charge in [0.1, 0.15) is 11.6 Å². The zero-order chi connectivity index (χ0) is 19.1. The number of carbonyl (C=O) groups excluding carboxylic acids is 1. The standard InChI is InChI=1S/C21H15F2N2O2/c22-14-6-5-13(17(23)9-14)10-25-18-3-1-2-16(21(24)27)20(18)15-7-4-12(11-26)8-19(15)25/h1-6,8-9,26H,10-11H2,(H2,24,27). The Morgan fingerprint density at radius 2 is 1.96 bits per heavy atom. The van der Waals surface area contributed by atoms with E-state index in [0.717, 1.165) is 6.07 Å².